The van der Waals surface area contributed by atoms with Gasteiger partial charge in [0.15, 0.2) is 0 Å². The molecular weight excluding hydrogens is 278 g/mol. The first-order chi connectivity index (χ1) is 8.15. The second kappa shape index (κ2) is 5.21. The van der Waals surface area contributed by atoms with Crippen LogP contribution in [-0.2, 0) is 16.6 Å². The Kier molecular flexibility index (Phi) is 4.30. The number of hydrogen-bond acceptors (Lipinski definition) is 3. The van der Waals surface area contributed by atoms with E-state index in [-0.39, 0.29) is 5.56 Å². The molecule has 0 aliphatic carbocycles. The fourth-order valence-corrected chi connectivity index (χ4v) is 2.42. The van der Waals surface area contributed by atoms with Crippen LogP contribution in [0.4, 0.5) is 17.6 Å². The third kappa shape index (κ3) is 3.93. The van der Waals surface area contributed by atoms with Crippen molar-refractivity contribution < 1.29 is 31.1 Å². The summed E-state index contributed by atoms with van der Waals surface area (Å²) in [7, 11) is -4.53. The lowest BCUT2D eigenvalue weighted by Gasteiger charge is -2.11. The van der Waals surface area contributed by atoms with E-state index in [4.69, 9.17) is 5.11 Å². The Morgan fingerprint density at radius 3 is 2.39 bits per heavy atom. The third-order valence-electron chi connectivity index (χ3n) is 1.95. The van der Waals surface area contributed by atoms with Gasteiger partial charge in [-0.1, -0.05) is 6.07 Å². The average molecular weight is 287 g/mol. The Morgan fingerprint density at radius 2 is 1.89 bits per heavy atom. The number of alkyl halides is 3. The molecule has 2 N–H and O–H groups in total. The number of hydrogen-bond donors (Lipinski definition) is 2. The summed E-state index contributed by atoms with van der Waals surface area (Å²) in [6, 6.07) is 2.43. The molecule has 4 nitrogen and oxygen atoms in total. The molecule has 18 heavy (non-hydrogen) atoms. The van der Waals surface area contributed by atoms with Gasteiger partial charge in [0.25, 0.3) is 0 Å². The number of halogens is 4. The average Bonchev–Trinajstić information content (AvgIpc) is 2.26. The molecule has 0 unspecified atom stereocenters. The first kappa shape index (κ1) is 14.9. The lowest BCUT2D eigenvalue weighted by molar-refractivity contribution is -0.121. The van der Waals surface area contributed by atoms with Gasteiger partial charge in [0.1, 0.15) is 12.4 Å². The highest BCUT2D eigenvalue weighted by Gasteiger charge is 2.30. The molecule has 0 radical (unpaired) electrons. The van der Waals surface area contributed by atoms with E-state index in [1.165, 1.54) is 4.72 Å². The van der Waals surface area contributed by atoms with Crippen molar-refractivity contribution in [1.29, 1.82) is 0 Å². The summed E-state index contributed by atoms with van der Waals surface area (Å²) in [6.07, 6.45) is -4.72. The van der Waals surface area contributed by atoms with Gasteiger partial charge in [-0.2, -0.15) is 13.2 Å². The molecule has 0 aromatic heterocycles. The van der Waals surface area contributed by atoms with Crippen molar-refractivity contribution in [1.82, 2.24) is 4.72 Å². The van der Waals surface area contributed by atoms with Crippen LogP contribution in [0, 0.1) is 5.82 Å². The van der Waals surface area contributed by atoms with Gasteiger partial charge in [-0.05, 0) is 17.7 Å². The van der Waals surface area contributed by atoms with E-state index in [0.29, 0.717) is 6.07 Å². The Balaban J connectivity index is 3.08. The molecule has 102 valence electrons. The van der Waals surface area contributed by atoms with Gasteiger partial charge < -0.3 is 5.11 Å². The number of sulfonamides is 1. The predicted molar refractivity (Wildman–Crippen MR) is 53.6 cm³/mol. The zero-order valence-corrected chi connectivity index (χ0v) is 9.65. The predicted octanol–water partition coefficient (Wildman–Crippen LogP) is 1.16. The maximum absolute atomic E-state index is 12.9. The van der Waals surface area contributed by atoms with Crippen LogP contribution in [0.25, 0.3) is 0 Å². The van der Waals surface area contributed by atoms with Crippen LogP contribution >= 0.6 is 0 Å². The lowest BCUT2D eigenvalue weighted by Crippen LogP contribution is -2.34. The second-order valence-corrected chi connectivity index (χ2v) is 5.09. The fraction of sp³-hybridized carbons (Fsp3) is 0.333. The van der Waals surface area contributed by atoms with Crippen molar-refractivity contribution in [2.24, 2.45) is 0 Å². The Morgan fingerprint density at radius 1 is 1.28 bits per heavy atom. The molecule has 0 aliphatic heterocycles. The summed E-state index contributed by atoms with van der Waals surface area (Å²) in [4.78, 5) is -0.714. The van der Waals surface area contributed by atoms with E-state index in [1.807, 2.05) is 0 Å². The minimum Gasteiger partial charge on any atom is -0.392 e. The van der Waals surface area contributed by atoms with Crippen molar-refractivity contribution in [3.63, 3.8) is 0 Å². The maximum Gasteiger partial charge on any atom is 0.402 e. The van der Waals surface area contributed by atoms with Crippen molar-refractivity contribution in [3.8, 4) is 0 Å². The quantitative estimate of drug-likeness (QED) is 0.817. The normalized spacial score (nSPS) is 12.7. The Bertz CT molecular complexity index is 527. The Hall–Kier alpha value is -1.19. The Labute approximate surface area is 100 Å². The minimum absolute atomic E-state index is 0.189. The van der Waals surface area contributed by atoms with E-state index in [0.717, 1.165) is 12.1 Å². The van der Waals surface area contributed by atoms with E-state index >= 15 is 0 Å². The molecule has 0 heterocycles. The van der Waals surface area contributed by atoms with E-state index in [9.17, 15) is 26.0 Å². The van der Waals surface area contributed by atoms with Crippen LogP contribution in [0.5, 0.6) is 0 Å². The molecule has 0 spiro atoms. The molecule has 0 amide bonds. The number of aliphatic hydroxyl groups is 1. The van der Waals surface area contributed by atoms with Crippen molar-refractivity contribution in [2.45, 2.75) is 17.7 Å². The highest BCUT2D eigenvalue weighted by atomic mass is 32.2. The zero-order chi connectivity index (χ0) is 14.0. The van der Waals surface area contributed by atoms with Crippen LogP contribution in [0.15, 0.2) is 23.1 Å². The smallest absolute Gasteiger partial charge is 0.392 e. The fourth-order valence-electron chi connectivity index (χ4n) is 1.16. The van der Waals surface area contributed by atoms with Gasteiger partial charge in [-0.15, -0.1) is 0 Å². The van der Waals surface area contributed by atoms with Crippen LogP contribution in [0.3, 0.4) is 0 Å². The molecule has 9 heteroatoms. The van der Waals surface area contributed by atoms with Crippen LogP contribution in [0.2, 0.25) is 0 Å². The highest BCUT2D eigenvalue weighted by molar-refractivity contribution is 7.89. The minimum atomic E-state index is -4.72. The summed E-state index contributed by atoms with van der Waals surface area (Å²) < 4.78 is 73.0. The second-order valence-electron chi connectivity index (χ2n) is 3.35. The number of aliphatic hydroxyl groups excluding tert-OH is 1. The molecule has 0 saturated carbocycles. The van der Waals surface area contributed by atoms with E-state index in [2.05, 4.69) is 0 Å². The van der Waals surface area contributed by atoms with Crippen molar-refractivity contribution in [2.75, 3.05) is 6.54 Å². The third-order valence-corrected chi connectivity index (χ3v) is 3.44. The molecule has 0 aliphatic rings. The van der Waals surface area contributed by atoms with Crippen LogP contribution in [-0.4, -0.2) is 26.2 Å². The van der Waals surface area contributed by atoms with Crippen LogP contribution in [0.1, 0.15) is 5.56 Å². The van der Waals surface area contributed by atoms with Crippen molar-refractivity contribution >= 4 is 10.0 Å². The van der Waals surface area contributed by atoms with Gasteiger partial charge in [0.2, 0.25) is 10.0 Å². The van der Waals surface area contributed by atoms with Crippen LogP contribution < -0.4 is 4.72 Å². The zero-order valence-electron chi connectivity index (χ0n) is 8.83. The molecular formula is C9H9F4NO3S. The van der Waals surface area contributed by atoms with Gasteiger partial charge in [0.05, 0.1) is 11.5 Å². The number of benzene rings is 1. The van der Waals surface area contributed by atoms with Gasteiger partial charge >= 0.3 is 6.18 Å². The maximum atomic E-state index is 12.9. The summed E-state index contributed by atoms with van der Waals surface area (Å²) >= 11 is 0. The topological polar surface area (TPSA) is 66.4 Å². The monoisotopic (exact) mass is 287 g/mol. The largest absolute Gasteiger partial charge is 0.402 e. The van der Waals surface area contributed by atoms with Gasteiger partial charge in [0, 0.05) is 0 Å². The molecule has 1 aromatic carbocycles. The van der Waals surface area contributed by atoms with Crippen molar-refractivity contribution in [3.05, 3.63) is 29.6 Å². The number of rotatable bonds is 4. The summed E-state index contributed by atoms with van der Waals surface area (Å²) in [5, 5.41) is 8.86. The molecule has 0 bridgehead atoms. The number of nitrogens with one attached hydrogen (secondary N) is 1. The molecule has 0 saturated heterocycles. The first-order valence-electron chi connectivity index (χ1n) is 4.61. The lowest BCUT2D eigenvalue weighted by atomic mass is 10.2. The molecule has 1 rings (SSSR count). The first-order valence-corrected chi connectivity index (χ1v) is 6.10. The standard InChI is InChI=1S/C9H9F4NO3S/c10-7-2-1-6(4-15)8(3-7)18(16,17)14-5-9(11,12)13/h1-3,14-15H,4-5H2. The van der Waals surface area contributed by atoms with E-state index < -0.39 is 40.1 Å². The SMILES string of the molecule is O=S(=O)(NCC(F)(F)F)c1cc(F)ccc1CO. The molecule has 0 fully saturated rings. The molecule has 1 aromatic rings. The van der Waals surface area contributed by atoms with Gasteiger partial charge in [-0.25, -0.2) is 17.5 Å². The van der Waals surface area contributed by atoms with E-state index in [1.54, 1.807) is 0 Å². The van der Waals surface area contributed by atoms with Gasteiger partial charge in [-0.3, -0.25) is 0 Å². The summed E-state index contributed by atoms with van der Waals surface area (Å²) in [5.74, 6) is -0.931. The highest BCUT2D eigenvalue weighted by Crippen LogP contribution is 2.19. The molecule has 0 atom stereocenters. The summed E-state index contributed by atoms with van der Waals surface area (Å²) in [6.45, 7) is -2.50. The summed E-state index contributed by atoms with van der Waals surface area (Å²) in [5.41, 5.74) is -0.189.